The Morgan fingerprint density at radius 3 is 2.68 bits per heavy atom. The second-order valence-electron chi connectivity index (χ2n) is 4.50. The lowest BCUT2D eigenvalue weighted by Crippen LogP contribution is -2.02. The summed E-state index contributed by atoms with van der Waals surface area (Å²) >= 11 is 0. The van der Waals surface area contributed by atoms with Crippen LogP contribution < -0.4 is 0 Å². The average molecular weight is 260 g/mol. The van der Waals surface area contributed by atoms with E-state index >= 15 is 0 Å². The van der Waals surface area contributed by atoms with E-state index in [0.717, 1.165) is 24.0 Å². The van der Waals surface area contributed by atoms with Crippen LogP contribution in [0.25, 0.3) is 6.08 Å². The summed E-state index contributed by atoms with van der Waals surface area (Å²) in [6.45, 7) is 5.92. The largest absolute Gasteiger partial charge is 0.463 e. The van der Waals surface area contributed by atoms with E-state index in [2.05, 4.69) is 0 Å². The molecule has 0 amide bonds. The van der Waals surface area contributed by atoms with Crippen LogP contribution in [-0.4, -0.2) is 18.4 Å². The second-order valence-corrected chi connectivity index (χ2v) is 4.50. The van der Waals surface area contributed by atoms with Gasteiger partial charge in [-0.25, -0.2) is 4.79 Å². The summed E-state index contributed by atoms with van der Waals surface area (Å²) in [5.74, 6) is -0.383. The Morgan fingerprint density at radius 1 is 1.32 bits per heavy atom. The van der Waals surface area contributed by atoms with Gasteiger partial charge in [0.25, 0.3) is 0 Å². The van der Waals surface area contributed by atoms with Crippen LogP contribution >= 0.6 is 0 Å². The molecule has 1 rings (SSSR count). The zero-order chi connectivity index (χ0) is 14.3. The minimum Gasteiger partial charge on any atom is -0.463 e. The highest BCUT2D eigenvalue weighted by molar-refractivity contribution is 5.99. The molecule has 3 heteroatoms. The van der Waals surface area contributed by atoms with Crippen LogP contribution in [0.5, 0.6) is 0 Å². The van der Waals surface area contributed by atoms with E-state index in [1.165, 1.54) is 13.0 Å². The van der Waals surface area contributed by atoms with Gasteiger partial charge in [-0.2, -0.15) is 0 Å². The minimum absolute atomic E-state index is 0.0114. The molecule has 0 aliphatic heterocycles. The fraction of sp³-hybridized carbons (Fsp3) is 0.375. The topological polar surface area (TPSA) is 43.4 Å². The zero-order valence-corrected chi connectivity index (χ0v) is 11.7. The summed E-state index contributed by atoms with van der Waals surface area (Å²) in [5.41, 5.74) is 2.39. The second kappa shape index (κ2) is 7.52. The first-order valence-electron chi connectivity index (χ1n) is 6.51. The van der Waals surface area contributed by atoms with Crippen LogP contribution in [0.1, 0.15) is 48.2 Å². The van der Waals surface area contributed by atoms with E-state index in [-0.39, 0.29) is 11.8 Å². The number of rotatable bonds is 6. The predicted molar refractivity (Wildman–Crippen MR) is 76.1 cm³/mol. The molecule has 3 nitrogen and oxygen atoms in total. The van der Waals surface area contributed by atoms with Crippen LogP contribution in [-0.2, 0) is 9.53 Å². The SMILES string of the molecule is CCCCOC(=O)/C=C/c1ccc(C)cc1C(C)=O. The molecular formula is C16H20O3. The molecule has 1 aromatic carbocycles. The average Bonchev–Trinajstić information content (AvgIpc) is 2.37. The molecule has 0 unspecified atom stereocenters. The van der Waals surface area contributed by atoms with E-state index in [1.54, 1.807) is 6.08 Å². The van der Waals surface area contributed by atoms with Gasteiger partial charge in [0.1, 0.15) is 0 Å². The van der Waals surface area contributed by atoms with Crippen LogP contribution in [0.15, 0.2) is 24.3 Å². The Kier molecular flexibility index (Phi) is 6.00. The Hall–Kier alpha value is -1.90. The number of Topliss-reactive ketones (excluding diaryl/α,β-unsaturated/α-hetero) is 1. The molecule has 1 aromatic rings. The molecule has 0 saturated heterocycles. The normalized spacial score (nSPS) is 10.7. The van der Waals surface area contributed by atoms with Crippen molar-refractivity contribution in [2.24, 2.45) is 0 Å². The lowest BCUT2D eigenvalue weighted by molar-refractivity contribution is -0.137. The number of hydrogen-bond acceptors (Lipinski definition) is 3. The van der Waals surface area contributed by atoms with E-state index in [0.29, 0.717) is 12.2 Å². The number of unbranched alkanes of at least 4 members (excludes halogenated alkanes) is 1. The quantitative estimate of drug-likeness (QED) is 0.340. The molecule has 0 aromatic heterocycles. The van der Waals surface area contributed by atoms with Gasteiger partial charge in [-0.05, 0) is 38.0 Å². The number of ether oxygens (including phenoxy) is 1. The first kappa shape index (κ1) is 15.2. The lowest BCUT2D eigenvalue weighted by atomic mass is 10.0. The molecule has 0 N–H and O–H groups in total. The maximum absolute atomic E-state index is 11.5. The number of ketones is 1. The molecule has 0 atom stereocenters. The van der Waals surface area contributed by atoms with Crippen LogP contribution in [0.4, 0.5) is 0 Å². The summed E-state index contributed by atoms with van der Waals surface area (Å²) in [6, 6.07) is 5.57. The highest BCUT2D eigenvalue weighted by Crippen LogP contribution is 2.14. The van der Waals surface area contributed by atoms with Gasteiger partial charge >= 0.3 is 5.97 Å². The van der Waals surface area contributed by atoms with Gasteiger partial charge in [0.15, 0.2) is 5.78 Å². The first-order chi connectivity index (χ1) is 9.04. The number of hydrogen-bond donors (Lipinski definition) is 0. The highest BCUT2D eigenvalue weighted by Gasteiger charge is 2.05. The molecule has 19 heavy (non-hydrogen) atoms. The van der Waals surface area contributed by atoms with Crippen molar-refractivity contribution >= 4 is 17.8 Å². The first-order valence-corrected chi connectivity index (χ1v) is 6.51. The summed E-state index contributed by atoms with van der Waals surface area (Å²) < 4.78 is 5.02. The Bertz CT molecular complexity index is 487. The van der Waals surface area contributed by atoms with Crippen molar-refractivity contribution in [3.63, 3.8) is 0 Å². The van der Waals surface area contributed by atoms with E-state index < -0.39 is 0 Å². The Labute approximate surface area is 114 Å². The number of carbonyl (C=O) groups excluding carboxylic acids is 2. The van der Waals surface area contributed by atoms with Crippen molar-refractivity contribution in [2.75, 3.05) is 6.61 Å². The highest BCUT2D eigenvalue weighted by atomic mass is 16.5. The number of carbonyl (C=O) groups is 2. The van der Waals surface area contributed by atoms with Crippen LogP contribution in [0.2, 0.25) is 0 Å². The third kappa shape index (κ3) is 5.08. The summed E-state index contributed by atoms with van der Waals surface area (Å²) in [5, 5.41) is 0. The van der Waals surface area contributed by atoms with Crippen LogP contribution in [0.3, 0.4) is 0 Å². The van der Waals surface area contributed by atoms with Gasteiger partial charge in [0, 0.05) is 11.6 Å². The Morgan fingerprint density at radius 2 is 2.05 bits per heavy atom. The molecule has 0 bridgehead atoms. The smallest absolute Gasteiger partial charge is 0.330 e. The fourth-order valence-electron chi connectivity index (χ4n) is 1.64. The van der Waals surface area contributed by atoms with E-state index in [1.807, 2.05) is 32.0 Å². The van der Waals surface area contributed by atoms with Crippen molar-refractivity contribution in [3.8, 4) is 0 Å². The van der Waals surface area contributed by atoms with Gasteiger partial charge in [-0.15, -0.1) is 0 Å². The summed E-state index contributed by atoms with van der Waals surface area (Å²) in [6.07, 6.45) is 4.85. The standard InChI is InChI=1S/C16H20O3/c1-4-5-10-19-16(18)9-8-14-7-6-12(2)11-15(14)13(3)17/h6-9,11H,4-5,10H2,1-3H3/b9-8+. The van der Waals surface area contributed by atoms with Gasteiger partial charge in [0.2, 0.25) is 0 Å². The predicted octanol–water partition coefficient (Wildman–Crippen LogP) is 3.55. The maximum Gasteiger partial charge on any atom is 0.330 e. The van der Waals surface area contributed by atoms with Crippen molar-refractivity contribution in [2.45, 2.75) is 33.6 Å². The molecule has 0 spiro atoms. The van der Waals surface area contributed by atoms with E-state index in [4.69, 9.17) is 4.74 Å². The van der Waals surface area contributed by atoms with Gasteiger partial charge in [-0.1, -0.05) is 31.0 Å². The van der Waals surface area contributed by atoms with Crippen molar-refractivity contribution in [3.05, 3.63) is 41.0 Å². The molecule has 0 saturated carbocycles. The van der Waals surface area contributed by atoms with Gasteiger partial charge < -0.3 is 4.74 Å². The lowest BCUT2D eigenvalue weighted by Gasteiger charge is -2.04. The number of esters is 1. The molecule has 0 radical (unpaired) electrons. The third-order valence-electron chi connectivity index (χ3n) is 2.73. The van der Waals surface area contributed by atoms with Gasteiger partial charge in [-0.3, -0.25) is 4.79 Å². The van der Waals surface area contributed by atoms with Gasteiger partial charge in [0.05, 0.1) is 6.61 Å². The summed E-state index contributed by atoms with van der Waals surface area (Å²) in [4.78, 5) is 23.0. The fourth-order valence-corrected chi connectivity index (χ4v) is 1.64. The maximum atomic E-state index is 11.5. The molecule has 0 fully saturated rings. The molecule has 0 heterocycles. The van der Waals surface area contributed by atoms with Crippen molar-refractivity contribution in [1.29, 1.82) is 0 Å². The number of aryl methyl sites for hydroxylation is 1. The van der Waals surface area contributed by atoms with Crippen molar-refractivity contribution < 1.29 is 14.3 Å². The summed E-state index contributed by atoms with van der Waals surface area (Å²) in [7, 11) is 0. The number of benzene rings is 1. The Balaban J connectivity index is 2.76. The third-order valence-corrected chi connectivity index (χ3v) is 2.73. The molecule has 0 aliphatic rings. The monoisotopic (exact) mass is 260 g/mol. The zero-order valence-electron chi connectivity index (χ0n) is 11.7. The van der Waals surface area contributed by atoms with E-state index in [9.17, 15) is 9.59 Å². The molecular weight excluding hydrogens is 240 g/mol. The van der Waals surface area contributed by atoms with Crippen molar-refractivity contribution in [1.82, 2.24) is 0 Å². The van der Waals surface area contributed by atoms with Crippen LogP contribution in [0, 0.1) is 6.92 Å². The molecule has 0 aliphatic carbocycles. The molecule has 102 valence electrons. The minimum atomic E-state index is -0.372.